The van der Waals surface area contributed by atoms with E-state index in [1.807, 2.05) is 7.11 Å². The molecule has 2 aliphatic rings. The van der Waals surface area contributed by atoms with Gasteiger partial charge in [-0.3, -0.25) is 4.90 Å². The molecule has 1 unspecified atom stereocenters. The van der Waals surface area contributed by atoms with Crippen molar-refractivity contribution in [1.82, 2.24) is 10.2 Å². The van der Waals surface area contributed by atoms with Gasteiger partial charge < -0.3 is 10.1 Å². The summed E-state index contributed by atoms with van der Waals surface area (Å²) in [6.45, 7) is 12.6. The van der Waals surface area contributed by atoms with Crippen molar-refractivity contribution in [3.05, 3.63) is 0 Å². The molecule has 0 bridgehead atoms. The van der Waals surface area contributed by atoms with Crippen molar-refractivity contribution in [3.8, 4) is 0 Å². The Kier molecular flexibility index (Phi) is 4.83. The van der Waals surface area contributed by atoms with Crippen molar-refractivity contribution in [3.63, 3.8) is 0 Å². The molecule has 3 heteroatoms. The first-order valence-corrected chi connectivity index (χ1v) is 8.40. The van der Waals surface area contributed by atoms with Gasteiger partial charge in [-0.05, 0) is 46.5 Å². The van der Waals surface area contributed by atoms with E-state index in [1.54, 1.807) is 0 Å². The first-order chi connectivity index (χ1) is 9.35. The summed E-state index contributed by atoms with van der Waals surface area (Å²) in [6.07, 6.45) is 7.83. The van der Waals surface area contributed by atoms with Crippen LogP contribution in [-0.2, 0) is 4.74 Å². The zero-order valence-corrected chi connectivity index (χ0v) is 14.2. The van der Waals surface area contributed by atoms with Gasteiger partial charge in [-0.15, -0.1) is 0 Å². The third kappa shape index (κ3) is 3.37. The third-order valence-corrected chi connectivity index (χ3v) is 5.96. The fourth-order valence-corrected chi connectivity index (χ4v) is 3.69. The van der Waals surface area contributed by atoms with Crippen LogP contribution in [0, 0.1) is 0 Å². The van der Waals surface area contributed by atoms with E-state index in [9.17, 15) is 0 Å². The van der Waals surface area contributed by atoms with Gasteiger partial charge in [-0.2, -0.15) is 0 Å². The Balaban J connectivity index is 2.04. The summed E-state index contributed by atoms with van der Waals surface area (Å²) in [6, 6.07) is 0. The van der Waals surface area contributed by atoms with E-state index in [2.05, 4.69) is 37.9 Å². The van der Waals surface area contributed by atoms with Crippen LogP contribution in [0.2, 0.25) is 0 Å². The maximum Gasteiger partial charge on any atom is 0.0634 e. The summed E-state index contributed by atoms with van der Waals surface area (Å²) >= 11 is 0. The zero-order valence-electron chi connectivity index (χ0n) is 14.2. The van der Waals surface area contributed by atoms with Crippen LogP contribution in [0.3, 0.4) is 0 Å². The monoisotopic (exact) mass is 282 g/mol. The van der Waals surface area contributed by atoms with Crippen LogP contribution in [0.4, 0.5) is 0 Å². The molecule has 0 aromatic carbocycles. The number of hydrogen-bond acceptors (Lipinski definition) is 3. The Morgan fingerprint density at radius 2 is 1.90 bits per heavy atom. The second kappa shape index (κ2) is 5.94. The van der Waals surface area contributed by atoms with Gasteiger partial charge in [0.05, 0.1) is 5.60 Å². The minimum atomic E-state index is -0.0115. The number of hydrogen-bond donors (Lipinski definition) is 1. The zero-order chi connectivity index (χ0) is 14.9. The lowest BCUT2D eigenvalue weighted by Crippen LogP contribution is -2.68. The number of nitrogens with one attached hydrogen (secondary N) is 1. The molecule has 20 heavy (non-hydrogen) atoms. The molecular formula is C17H34N2O. The van der Waals surface area contributed by atoms with Crippen molar-refractivity contribution in [2.24, 2.45) is 0 Å². The average molecular weight is 282 g/mol. The first kappa shape index (κ1) is 16.3. The van der Waals surface area contributed by atoms with Crippen LogP contribution in [-0.4, -0.2) is 48.3 Å². The summed E-state index contributed by atoms with van der Waals surface area (Å²) in [5.74, 6) is 0. The molecule has 1 saturated heterocycles. The molecule has 1 heterocycles. The standard InChI is InChI=1S/C17H34N2O/c1-6-16(4)13-18-17(9-7-8-10-17)14-19(16)12-11-15(2,3)20-5/h18H,6-14H2,1-5H3. The van der Waals surface area contributed by atoms with Gasteiger partial charge in [0, 0.05) is 37.8 Å². The van der Waals surface area contributed by atoms with Crippen molar-refractivity contribution in [2.45, 2.75) is 82.9 Å². The molecule has 0 amide bonds. The SMILES string of the molecule is CCC1(C)CNC2(CCCC2)CN1CCC(C)(C)OC. The molecule has 2 fully saturated rings. The highest BCUT2D eigenvalue weighted by Crippen LogP contribution is 2.37. The molecule has 3 nitrogen and oxygen atoms in total. The van der Waals surface area contributed by atoms with Crippen LogP contribution in [0.15, 0.2) is 0 Å². The van der Waals surface area contributed by atoms with Crippen molar-refractivity contribution >= 4 is 0 Å². The third-order valence-electron chi connectivity index (χ3n) is 5.96. The molecule has 1 spiro atoms. The molecule has 0 aromatic heterocycles. The number of nitrogens with zero attached hydrogens (tertiary/aromatic N) is 1. The summed E-state index contributed by atoms with van der Waals surface area (Å²) in [7, 11) is 1.83. The Morgan fingerprint density at radius 3 is 2.45 bits per heavy atom. The Hall–Kier alpha value is -0.120. The smallest absolute Gasteiger partial charge is 0.0634 e. The number of ether oxygens (including phenoxy) is 1. The summed E-state index contributed by atoms with van der Waals surface area (Å²) < 4.78 is 5.61. The van der Waals surface area contributed by atoms with Crippen LogP contribution >= 0.6 is 0 Å². The predicted molar refractivity (Wildman–Crippen MR) is 85.2 cm³/mol. The molecule has 0 radical (unpaired) electrons. The van der Waals surface area contributed by atoms with Gasteiger partial charge >= 0.3 is 0 Å². The van der Waals surface area contributed by atoms with E-state index in [0.717, 1.165) is 19.5 Å². The van der Waals surface area contributed by atoms with Crippen molar-refractivity contribution in [1.29, 1.82) is 0 Å². The van der Waals surface area contributed by atoms with Gasteiger partial charge in [0.15, 0.2) is 0 Å². The topological polar surface area (TPSA) is 24.5 Å². The number of rotatable bonds is 5. The molecule has 118 valence electrons. The summed E-state index contributed by atoms with van der Waals surface area (Å²) in [4.78, 5) is 2.75. The van der Waals surface area contributed by atoms with Crippen molar-refractivity contribution < 1.29 is 4.74 Å². The quantitative estimate of drug-likeness (QED) is 0.838. The lowest BCUT2D eigenvalue weighted by molar-refractivity contribution is -0.0272. The Morgan fingerprint density at radius 1 is 1.25 bits per heavy atom. The van der Waals surface area contributed by atoms with Gasteiger partial charge in [0.2, 0.25) is 0 Å². The fraction of sp³-hybridized carbons (Fsp3) is 1.00. The molecule has 2 rings (SSSR count). The van der Waals surface area contributed by atoms with Crippen LogP contribution in [0.25, 0.3) is 0 Å². The van der Waals surface area contributed by atoms with E-state index >= 15 is 0 Å². The molecule has 1 aliphatic heterocycles. The highest BCUT2D eigenvalue weighted by atomic mass is 16.5. The van der Waals surface area contributed by atoms with E-state index in [1.165, 1.54) is 38.6 Å². The van der Waals surface area contributed by atoms with Crippen LogP contribution in [0.5, 0.6) is 0 Å². The molecule has 1 aliphatic carbocycles. The minimum Gasteiger partial charge on any atom is -0.379 e. The van der Waals surface area contributed by atoms with E-state index < -0.39 is 0 Å². The predicted octanol–water partition coefficient (Wildman–Crippen LogP) is 3.19. The molecule has 1 atom stereocenters. The van der Waals surface area contributed by atoms with E-state index in [-0.39, 0.29) is 5.60 Å². The van der Waals surface area contributed by atoms with Crippen LogP contribution < -0.4 is 5.32 Å². The van der Waals surface area contributed by atoms with E-state index in [0.29, 0.717) is 11.1 Å². The molecular weight excluding hydrogens is 248 g/mol. The fourth-order valence-electron chi connectivity index (χ4n) is 3.69. The second-order valence-electron chi connectivity index (χ2n) is 7.83. The normalized spacial score (nSPS) is 31.1. The highest BCUT2D eigenvalue weighted by molar-refractivity contribution is 5.05. The maximum atomic E-state index is 5.61. The maximum absolute atomic E-state index is 5.61. The Labute approximate surface area is 125 Å². The lowest BCUT2D eigenvalue weighted by Gasteiger charge is -2.53. The first-order valence-electron chi connectivity index (χ1n) is 8.40. The molecule has 1 N–H and O–H groups in total. The van der Waals surface area contributed by atoms with Gasteiger partial charge in [0.1, 0.15) is 0 Å². The molecule has 0 aromatic rings. The van der Waals surface area contributed by atoms with Gasteiger partial charge in [0.25, 0.3) is 0 Å². The molecule has 1 saturated carbocycles. The number of methoxy groups -OCH3 is 1. The van der Waals surface area contributed by atoms with Gasteiger partial charge in [-0.25, -0.2) is 0 Å². The second-order valence-corrected chi connectivity index (χ2v) is 7.83. The van der Waals surface area contributed by atoms with Crippen LogP contribution in [0.1, 0.15) is 66.2 Å². The number of piperazine rings is 1. The van der Waals surface area contributed by atoms with Gasteiger partial charge in [-0.1, -0.05) is 19.8 Å². The summed E-state index contributed by atoms with van der Waals surface area (Å²) in [5, 5.41) is 3.90. The average Bonchev–Trinajstić information content (AvgIpc) is 2.89. The Bertz CT molecular complexity index is 323. The summed E-state index contributed by atoms with van der Waals surface area (Å²) in [5.41, 5.74) is 0.700. The lowest BCUT2D eigenvalue weighted by atomic mass is 9.84. The largest absolute Gasteiger partial charge is 0.379 e. The highest BCUT2D eigenvalue weighted by Gasteiger charge is 2.45. The minimum absolute atomic E-state index is 0.0115. The van der Waals surface area contributed by atoms with Crippen molar-refractivity contribution in [2.75, 3.05) is 26.7 Å². The van der Waals surface area contributed by atoms with E-state index in [4.69, 9.17) is 4.74 Å².